The molecule has 0 heterocycles. The molecule has 0 aliphatic rings. The predicted molar refractivity (Wildman–Crippen MR) is 50.9 cm³/mol. The van der Waals surface area contributed by atoms with Crippen molar-refractivity contribution in [2.45, 2.75) is 6.42 Å². The first-order chi connectivity index (χ1) is 6.49. The summed E-state index contributed by atoms with van der Waals surface area (Å²) in [5.74, 6) is 0.116. The number of phenols is 1. The Labute approximate surface area is 82.4 Å². The lowest BCUT2D eigenvalue weighted by Crippen LogP contribution is -2.17. The second kappa shape index (κ2) is 4.41. The van der Waals surface area contributed by atoms with E-state index in [0.29, 0.717) is 12.0 Å². The lowest BCUT2D eigenvalue weighted by atomic mass is 10.1. The molecule has 0 unspecified atom stereocenters. The Morgan fingerprint density at radius 2 is 2.00 bits per heavy atom. The summed E-state index contributed by atoms with van der Waals surface area (Å²) in [4.78, 5) is 0. The van der Waals surface area contributed by atoms with Crippen LogP contribution in [0.5, 0.6) is 5.75 Å². The van der Waals surface area contributed by atoms with Crippen molar-refractivity contribution in [2.75, 3.05) is 6.61 Å². The fourth-order valence-electron chi connectivity index (χ4n) is 0.990. The first-order valence-electron chi connectivity index (χ1n) is 3.93. The molecular weight excluding hydrogens is 206 g/mol. The van der Waals surface area contributed by atoms with Crippen LogP contribution >= 0.6 is 0 Å². The van der Waals surface area contributed by atoms with E-state index in [1.807, 2.05) is 0 Å². The monoisotopic (exact) mass is 217 g/mol. The lowest BCUT2D eigenvalue weighted by molar-refractivity contribution is 0.320. The number of rotatable bonds is 4. The molecule has 0 saturated carbocycles. The Kier molecular flexibility index (Phi) is 3.45. The number of hydrogen-bond donors (Lipinski definition) is 2. The fourth-order valence-corrected chi connectivity index (χ4v) is 1.31. The molecule has 1 aromatic carbocycles. The van der Waals surface area contributed by atoms with E-state index >= 15 is 0 Å². The summed E-state index contributed by atoms with van der Waals surface area (Å²) in [6.07, 6.45) is 0.295. The highest BCUT2D eigenvalue weighted by atomic mass is 32.2. The molecule has 1 rings (SSSR count). The third-order valence-corrected chi connectivity index (χ3v) is 2.11. The number of nitrogens with two attached hydrogens (primary N) is 1. The van der Waals surface area contributed by atoms with Gasteiger partial charge in [-0.05, 0) is 11.6 Å². The second-order valence-corrected chi connectivity index (χ2v) is 3.91. The van der Waals surface area contributed by atoms with Gasteiger partial charge >= 0.3 is 10.3 Å². The van der Waals surface area contributed by atoms with E-state index < -0.39 is 10.3 Å². The molecule has 78 valence electrons. The summed E-state index contributed by atoms with van der Waals surface area (Å²) in [5.41, 5.74) is 0.621. The van der Waals surface area contributed by atoms with Crippen molar-refractivity contribution < 1.29 is 17.7 Å². The lowest BCUT2D eigenvalue weighted by Gasteiger charge is -2.03. The Bertz CT molecular complexity index is 402. The predicted octanol–water partition coefficient (Wildman–Crippen LogP) is 0.155. The summed E-state index contributed by atoms with van der Waals surface area (Å²) in [6, 6.07) is 6.62. The van der Waals surface area contributed by atoms with Gasteiger partial charge in [0, 0.05) is 6.42 Å². The largest absolute Gasteiger partial charge is 0.508 e. The minimum atomic E-state index is -3.89. The van der Waals surface area contributed by atoms with Crippen molar-refractivity contribution in [1.82, 2.24) is 0 Å². The van der Waals surface area contributed by atoms with Crippen LogP contribution in [0.25, 0.3) is 0 Å². The third-order valence-electron chi connectivity index (χ3n) is 1.61. The molecule has 5 nitrogen and oxygen atoms in total. The molecule has 0 saturated heterocycles. The Morgan fingerprint density at radius 1 is 1.36 bits per heavy atom. The normalized spacial score (nSPS) is 11.5. The highest BCUT2D eigenvalue weighted by Gasteiger charge is 2.04. The zero-order chi connectivity index (χ0) is 10.6. The fraction of sp³-hybridized carbons (Fsp3) is 0.250. The molecule has 6 heteroatoms. The quantitative estimate of drug-likeness (QED) is 0.751. The zero-order valence-corrected chi connectivity index (χ0v) is 8.20. The minimum Gasteiger partial charge on any atom is -0.508 e. The smallest absolute Gasteiger partial charge is 0.333 e. The van der Waals surface area contributed by atoms with E-state index in [0.717, 1.165) is 0 Å². The summed E-state index contributed by atoms with van der Waals surface area (Å²) < 4.78 is 25.1. The van der Waals surface area contributed by atoms with E-state index in [4.69, 9.17) is 0 Å². The standard InChI is InChI=1S/C8H11NO4S/c9-14(11,12)13-6-5-7-3-1-2-4-8(7)10/h1-4,10H,5-6H2,(H2,9,11,12). The highest BCUT2D eigenvalue weighted by molar-refractivity contribution is 7.84. The summed E-state index contributed by atoms with van der Waals surface area (Å²) in [6.45, 7) is -0.0730. The Balaban J connectivity index is 2.51. The van der Waals surface area contributed by atoms with Gasteiger partial charge in [0.1, 0.15) is 5.75 Å². The van der Waals surface area contributed by atoms with Crippen LogP contribution in [-0.4, -0.2) is 20.1 Å². The van der Waals surface area contributed by atoms with Crippen molar-refractivity contribution in [3.05, 3.63) is 29.8 Å². The maximum absolute atomic E-state index is 10.4. The van der Waals surface area contributed by atoms with Crippen LogP contribution < -0.4 is 5.14 Å². The van der Waals surface area contributed by atoms with Gasteiger partial charge in [-0.3, -0.25) is 4.18 Å². The van der Waals surface area contributed by atoms with Gasteiger partial charge in [0.25, 0.3) is 0 Å². The van der Waals surface area contributed by atoms with Gasteiger partial charge in [0.05, 0.1) is 6.61 Å². The van der Waals surface area contributed by atoms with Crippen LogP contribution in [0.3, 0.4) is 0 Å². The van der Waals surface area contributed by atoms with Gasteiger partial charge < -0.3 is 5.11 Å². The molecular formula is C8H11NO4S. The number of phenolic OH excluding ortho intramolecular Hbond substituents is 1. The molecule has 0 atom stereocenters. The van der Waals surface area contributed by atoms with E-state index in [1.54, 1.807) is 18.2 Å². The van der Waals surface area contributed by atoms with E-state index in [9.17, 15) is 13.5 Å². The summed E-state index contributed by atoms with van der Waals surface area (Å²) >= 11 is 0. The van der Waals surface area contributed by atoms with Gasteiger partial charge in [0.15, 0.2) is 0 Å². The van der Waals surface area contributed by atoms with Gasteiger partial charge in [-0.2, -0.15) is 8.42 Å². The number of aromatic hydroxyl groups is 1. The third kappa shape index (κ3) is 3.73. The van der Waals surface area contributed by atoms with Gasteiger partial charge in [-0.15, -0.1) is 0 Å². The van der Waals surface area contributed by atoms with Crippen LogP contribution in [0, 0.1) is 0 Å². The Morgan fingerprint density at radius 3 is 2.57 bits per heavy atom. The summed E-state index contributed by atoms with van der Waals surface area (Å²) in [7, 11) is -3.89. The zero-order valence-electron chi connectivity index (χ0n) is 7.38. The molecule has 0 aromatic heterocycles. The maximum Gasteiger partial charge on any atom is 0.333 e. The SMILES string of the molecule is NS(=O)(=O)OCCc1ccccc1O. The maximum atomic E-state index is 10.4. The van der Waals surface area contributed by atoms with Crippen molar-refractivity contribution >= 4 is 10.3 Å². The average Bonchev–Trinajstić information content (AvgIpc) is 2.06. The van der Waals surface area contributed by atoms with Crippen molar-refractivity contribution in [2.24, 2.45) is 5.14 Å². The van der Waals surface area contributed by atoms with Crippen molar-refractivity contribution in [3.8, 4) is 5.75 Å². The Hall–Kier alpha value is -1.11. The topological polar surface area (TPSA) is 89.6 Å². The van der Waals surface area contributed by atoms with E-state index in [2.05, 4.69) is 9.32 Å². The van der Waals surface area contributed by atoms with Crippen LogP contribution in [0.2, 0.25) is 0 Å². The van der Waals surface area contributed by atoms with E-state index in [1.165, 1.54) is 6.07 Å². The van der Waals surface area contributed by atoms with Gasteiger partial charge in [0.2, 0.25) is 0 Å². The average molecular weight is 217 g/mol. The van der Waals surface area contributed by atoms with Crippen LogP contribution in [0.1, 0.15) is 5.56 Å². The number of benzene rings is 1. The molecule has 0 aliphatic heterocycles. The summed E-state index contributed by atoms with van der Waals surface area (Å²) in [5, 5.41) is 13.9. The molecule has 14 heavy (non-hydrogen) atoms. The first-order valence-corrected chi connectivity index (χ1v) is 5.40. The molecule has 0 aliphatic carbocycles. The number of para-hydroxylation sites is 1. The second-order valence-electron chi connectivity index (χ2n) is 2.69. The molecule has 0 radical (unpaired) electrons. The van der Waals surface area contributed by atoms with Gasteiger partial charge in [-0.25, -0.2) is 5.14 Å². The van der Waals surface area contributed by atoms with Crippen molar-refractivity contribution in [1.29, 1.82) is 0 Å². The molecule has 3 N–H and O–H groups in total. The first kappa shape index (κ1) is 11.0. The molecule has 1 aromatic rings. The molecule has 0 amide bonds. The van der Waals surface area contributed by atoms with Crippen LogP contribution in [-0.2, 0) is 20.9 Å². The van der Waals surface area contributed by atoms with Gasteiger partial charge in [-0.1, -0.05) is 18.2 Å². The molecule has 0 fully saturated rings. The number of hydrogen-bond acceptors (Lipinski definition) is 4. The molecule has 0 bridgehead atoms. The van der Waals surface area contributed by atoms with Crippen molar-refractivity contribution in [3.63, 3.8) is 0 Å². The van der Waals surface area contributed by atoms with E-state index in [-0.39, 0.29) is 12.4 Å². The molecule has 0 spiro atoms. The van der Waals surface area contributed by atoms with Crippen LogP contribution in [0.15, 0.2) is 24.3 Å². The van der Waals surface area contributed by atoms with Crippen LogP contribution in [0.4, 0.5) is 0 Å². The minimum absolute atomic E-state index is 0.0730. The highest BCUT2D eigenvalue weighted by Crippen LogP contribution is 2.15.